The van der Waals surface area contributed by atoms with E-state index in [9.17, 15) is 8.42 Å². The number of rotatable bonds is 3. The van der Waals surface area contributed by atoms with Crippen molar-refractivity contribution in [2.24, 2.45) is 0 Å². The molecule has 0 aromatic heterocycles. The smallest absolute Gasteiger partial charge is 0.243 e. The minimum atomic E-state index is -3.48. The lowest BCUT2D eigenvalue weighted by atomic mass is 10.1. The van der Waals surface area contributed by atoms with Crippen LogP contribution in [0.3, 0.4) is 0 Å². The molecule has 0 aliphatic carbocycles. The Labute approximate surface area is 125 Å². The van der Waals surface area contributed by atoms with Gasteiger partial charge in [-0.15, -0.1) is 0 Å². The Bertz CT molecular complexity index is 712. The third-order valence-electron chi connectivity index (χ3n) is 3.87. The monoisotopic (exact) mass is 302 g/mol. The van der Waals surface area contributed by atoms with Crippen molar-refractivity contribution in [2.45, 2.75) is 23.8 Å². The van der Waals surface area contributed by atoms with Crippen molar-refractivity contribution in [1.82, 2.24) is 4.31 Å². The van der Waals surface area contributed by atoms with Crippen LogP contribution in [0.4, 0.5) is 5.69 Å². The van der Waals surface area contributed by atoms with Gasteiger partial charge in [0.15, 0.2) is 0 Å². The van der Waals surface area contributed by atoms with E-state index in [0.717, 1.165) is 18.4 Å². The van der Waals surface area contributed by atoms with Gasteiger partial charge in [0.2, 0.25) is 10.0 Å². The number of hydrogen-bond donors (Lipinski definition) is 1. The van der Waals surface area contributed by atoms with Crippen LogP contribution in [0.25, 0.3) is 0 Å². The third-order valence-corrected chi connectivity index (χ3v) is 5.80. The molecule has 0 radical (unpaired) electrons. The Morgan fingerprint density at radius 3 is 2.33 bits per heavy atom. The van der Waals surface area contributed by atoms with Crippen LogP contribution in [0.1, 0.15) is 24.4 Å². The van der Waals surface area contributed by atoms with Crippen molar-refractivity contribution in [2.75, 3.05) is 12.3 Å². The molecule has 1 heterocycles. The summed E-state index contributed by atoms with van der Waals surface area (Å²) in [6, 6.07) is 16.1. The topological polar surface area (TPSA) is 63.4 Å². The van der Waals surface area contributed by atoms with E-state index < -0.39 is 10.0 Å². The Hall–Kier alpha value is -1.85. The van der Waals surface area contributed by atoms with E-state index >= 15 is 0 Å². The molecule has 0 saturated carbocycles. The number of anilines is 1. The zero-order chi connectivity index (χ0) is 14.9. The maximum Gasteiger partial charge on any atom is 0.243 e. The highest BCUT2D eigenvalue weighted by atomic mass is 32.2. The molecule has 110 valence electrons. The number of nitrogens with zero attached hydrogens (tertiary/aromatic N) is 1. The molecule has 3 rings (SSSR count). The zero-order valence-corrected chi connectivity index (χ0v) is 12.5. The second-order valence-electron chi connectivity index (χ2n) is 5.25. The number of hydrogen-bond acceptors (Lipinski definition) is 3. The van der Waals surface area contributed by atoms with Gasteiger partial charge >= 0.3 is 0 Å². The largest absolute Gasteiger partial charge is 0.399 e. The van der Waals surface area contributed by atoms with Gasteiger partial charge in [0.1, 0.15) is 0 Å². The standard InChI is InChI=1S/C16H18N2O2S/c17-14-8-10-15(11-9-14)21(19,20)18-12-4-7-16(18)13-5-2-1-3-6-13/h1-3,5-6,8-11,16H,4,7,12,17H2. The summed E-state index contributed by atoms with van der Waals surface area (Å²) in [7, 11) is -3.48. The van der Waals surface area contributed by atoms with Gasteiger partial charge in [-0.3, -0.25) is 0 Å². The van der Waals surface area contributed by atoms with E-state index in [2.05, 4.69) is 0 Å². The average Bonchev–Trinajstić information content (AvgIpc) is 2.99. The molecular weight excluding hydrogens is 284 g/mol. The summed E-state index contributed by atoms with van der Waals surface area (Å²) in [5, 5.41) is 0. The maximum atomic E-state index is 12.8. The van der Waals surface area contributed by atoms with Gasteiger partial charge in [0.25, 0.3) is 0 Å². The summed E-state index contributed by atoms with van der Waals surface area (Å²) in [6.07, 6.45) is 1.74. The summed E-state index contributed by atoms with van der Waals surface area (Å²) in [5.41, 5.74) is 7.25. The molecule has 1 atom stereocenters. The van der Waals surface area contributed by atoms with Gasteiger partial charge in [-0.05, 0) is 42.7 Å². The lowest BCUT2D eigenvalue weighted by molar-refractivity contribution is 0.396. The molecule has 1 fully saturated rings. The van der Waals surface area contributed by atoms with Crippen molar-refractivity contribution >= 4 is 15.7 Å². The Morgan fingerprint density at radius 1 is 1.00 bits per heavy atom. The molecule has 0 amide bonds. The first-order valence-corrected chi connectivity index (χ1v) is 8.45. The van der Waals surface area contributed by atoms with Crippen LogP contribution in [0.5, 0.6) is 0 Å². The zero-order valence-electron chi connectivity index (χ0n) is 11.6. The highest BCUT2D eigenvalue weighted by Gasteiger charge is 2.35. The van der Waals surface area contributed by atoms with E-state index in [1.54, 1.807) is 28.6 Å². The van der Waals surface area contributed by atoms with Crippen molar-refractivity contribution in [3.8, 4) is 0 Å². The van der Waals surface area contributed by atoms with Gasteiger partial charge in [-0.25, -0.2) is 8.42 Å². The van der Waals surface area contributed by atoms with Gasteiger partial charge < -0.3 is 5.73 Å². The van der Waals surface area contributed by atoms with E-state index in [1.165, 1.54) is 0 Å². The van der Waals surface area contributed by atoms with Gasteiger partial charge in [0.05, 0.1) is 10.9 Å². The van der Waals surface area contributed by atoms with Crippen LogP contribution in [0.15, 0.2) is 59.5 Å². The second kappa shape index (κ2) is 5.50. The number of nitrogen functional groups attached to an aromatic ring is 1. The Morgan fingerprint density at radius 2 is 1.67 bits per heavy atom. The summed E-state index contributed by atoms with van der Waals surface area (Å²) in [4.78, 5) is 0.305. The highest BCUT2D eigenvalue weighted by Crippen LogP contribution is 2.36. The minimum Gasteiger partial charge on any atom is -0.399 e. The summed E-state index contributed by atoms with van der Waals surface area (Å²) < 4.78 is 27.2. The number of sulfonamides is 1. The molecule has 4 nitrogen and oxygen atoms in total. The maximum absolute atomic E-state index is 12.8. The van der Waals surface area contributed by atoms with Crippen LogP contribution >= 0.6 is 0 Å². The Balaban J connectivity index is 1.96. The second-order valence-corrected chi connectivity index (χ2v) is 7.14. The SMILES string of the molecule is Nc1ccc(S(=O)(=O)N2CCCC2c2ccccc2)cc1. The van der Waals surface area contributed by atoms with Crippen LogP contribution in [0.2, 0.25) is 0 Å². The lowest BCUT2D eigenvalue weighted by Gasteiger charge is -2.24. The van der Waals surface area contributed by atoms with Gasteiger partial charge in [-0.2, -0.15) is 4.31 Å². The third kappa shape index (κ3) is 2.66. The molecule has 0 spiro atoms. The lowest BCUT2D eigenvalue weighted by Crippen LogP contribution is -2.30. The predicted molar refractivity (Wildman–Crippen MR) is 83.2 cm³/mol. The molecule has 5 heteroatoms. The molecule has 1 saturated heterocycles. The van der Waals surface area contributed by atoms with Crippen LogP contribution in [-0.2, 0) is 10.0 Å². The number of benzene rings is 2. The highest BCUT2D eigenvalue weighted by molar-refractivity contribution is 7.89. The molecule has 2 aromatic rings. The minimum absolute atomic E-state index is 0.0752. The summed E-state index contributed by atoms with van der Waals surface area (Å²) >= 11 is 0. The first-order chi connectivity index (χ1) is 10.1. The van der Waals surface area contributed by atoms with Crippen LogP contribution in [0, 0.1) is 0 Å². The normalized spacial score (nSPS) is 19.7. The molecule has 21 heavy (non-hydrogen) atoms. The molecular formula is C16H18N2O2S. The molecule has 1 unspecified atom stereocenters. The van der Waals surface area contributed by atoms with Crippen molar-refractivity contribution < 1.29 is 8.42 Å². The fourth-order valence-electron chi connectivity index (χ4n) is 2.81. The van der Waals surface area contributed by atoms with Gasteiger partial charge in [-0.1, -0.05) is 30.3 Å². The molecule has 2 N–H and O–H groups in total. The fourth-order valence-corrected chi connectivity index (χ4v) is 4.49. The van der Waals surface area contributed by atoms with Crippen molar-refractivity contribution in [3.05, 3.63) is 60.2 Å². The van der Waals surface area contributed by atoms with E-state index in [1.807, 2.05) is 30.3 Å². The van der Waals surface area contributed by atoms with Crippen LogP contribution < -0.4 is 5.73 Å². The Kier molecular flexibility index (Phi) is 3.69. The fraction of sp³-hybridized carbons (Fsp3) is 0.250. The summed E-state index contributed by atoms with van der Waals surface area (Å²) in [6.45, 7) is 0.562. The van der Waals surface area contributed by atoms with E-state index in [4.69, 9.17) is 5.73 Å². The first-order valence-electron chi connectivity index (χ1n) is 7.01. The van der Waals surface area contributed by atoms with Crippen molar-refractivity contribution in [1.29, 1.82) is 0 Å². The quantitative estimate of drug-likeness (QED) is 0.887. The molecule has 0 bridgehead atoms. The van der Waals surface area contributed by atoms with Crippen molar-refractivity contribution in [3.63, 3.8) is 0 Å². The summed E-state index contributed by atoms with van der Waals surface area (Å²) in [5.74, 6) is 0. The molecule has 1 aliphatic rings. The predicted octanol–water partition coefficient (Wildman–Crippen LogP) is 2.79. The van der Waals surface area contributed by atoms with Crippen LogP contribution in [-0.4, -0.2) is 19.3 Å². The van der Waals surface area contributed by atoms with Gasteiger partial charge in [0, 0.05) is 12.2 Å². The first kappa shape index (κ1) is 14.1. The van der Waals surface area contributed by atoms with E-state index in [0.29, 0.717) is 17.1 Å². The number of nitrogens with two attached hydrogens (primary N) is 1. The molecule has 2 aromatic carbocycles. The molecule has 1 aliphatic heterocycles. The average molecular weight is 302 g/mol. The van der Waals surface area contributed by atoms with E-state index in [-0.39, 0.29) is 6.04 Å².